The number of benzene rings is 1. The number of hydrogen-bond acceptors (Lipinski definition) is 2. The molecule has 1 fully saturated rings. The molecule has 0 spiro atoms. The Balaban J connectivity index is 1.82. The van der Waals surface area contributed by atoms with Crippen LogP contribution in [-0.4, -0.2) is 19.3 Å². The highest BCUT2D eigenvalue weighted by molar-refractivity contribution is 9.10. The minimum absolute atomic E-state index is 0.469. The van der Waals surface area contributed by atoms with Crippen molar-refractivity contribution in [1.82, 2.24) is 0 Å². The van der Waals surface area contributed by atoms with Crippen LogP contribution in [0.25, 0.3) is 0 Å². The number of halogens is 1. The molecule has 0 aliphatic carbocycles. The lowest BCUT2D eigenvalue weighted by Crippen LogP contribution is -2.12. The minimum atomic E-state index is 0.469. The SMILES string of the molecule is Cc1cccc(NCCC2CCCO2)c1Br. The maximum Gasteiger partial charge on any atom is 0.0592 e. The molecule has 88 valence electrons. The van der Waals surface area contributed by atoms with Gasteiger partial charge in [0.1, 0.15) is 0 Å². The van der Waals surface area contributed by atoms with Gasteiger partial charge in [0.15, 0.2) is 0 Å². The van der Waals surface area contributed by atoms with Crippen molar-refractivity contribution in [2.45, 2.75) is 32.3 Å². The standard InChI is InChI=1S/C13H18BrNO/c1-10-4-2-6-12(13(10)14)15-8-7-11-5-3-9-16-11/h2,4,6,11,15H,3,5,7-9H2,1H3. The molecule has 1 unspecified atom stereocenters. The summed E-state index contributed by atoms with van der Waals surface area (Å²) in [4.78, 5) is 0. The van der Waals surface area contributed by atoms with E-state index in [1.54, 1.807) is 0 Å². The van der Waals surface area contributed by atoms with E-state index in [-0.39, 0.29) is 0 Å². The predicted molar refractivity (Wildman–Crippen MR) is 71.0 cm³/mol. The van der Waals surface area contributed by atoms with E-state index < -0.39 is 0 Å². The smallest absolute Gasteiger partial charge is 0.0592 e. The molecule has 0 saturated carbocycles. The Morgan fingerprint density at radius 3 is 3.12 bits per heavy atom. The van der Waals surface area contributed by atoms with Crippen LogP contribution in [0.15, 0.2) is 22.7 Å². The molecule has 1 heterocycles. The summed E-state index contributed by atoms with van der Waals surface area (Å²) in [5, 5.41) is 3.45. The molecule has 0 radical (unpaired) electrons. The zero-order chi connectivity index (χ0) is 11.4. The first kappa shape index (κ1) is 11.9. The van der Waals surface area contributed by atoms with Gasteiger partial charge < -0.3 is 10.1 Å². The molecule has 16 heavy (non-hydrogen) atoms. The normalized spacial score (nSPS) is 20.0. The first-order valence-electron chi connectivity index (χ1n) is 5.88. The van der Waals surface area contributed by atoms with E-state index in [1.165, 1.54) is 28.6 Å². The second-order valence-electron chi connectivity index (χ2n) is 4.29. The van der Waals surface area contributed by atoms with Crippen molar-refractivity contribution in [2.24, 2.45) is 0 Å². The van der Waals surface area contributed by atoms with Crippen molar-refractivity contribution in [2.75, 3.05) is 18.5 Å². The average Bonchev–Trinajstić information content (AvgIpc) is 2.77. The number of aryl methyl sites for hydroxylation is 1. The lowest BCUT2D eigenvalue weighted by molar-refractivity contribution is 0.107. The van der Waals surface area contributed by atoms with Crippen molar-refractivity contribution >= 4 is 21.6 Å². The molecule has 1 aromatic carbocycles. The van der Waals surface area contributed by atoms with Crippen LogP contribution in [0.2, 0.25) is 0 Å². The summed E-state index contributed by atoms with van der Waals surface area (Å²) in [6, 6.07) is 6.29. The van der Waals surface area contributed by atoms with E-state index in [0.29, 0.717) is 6.10 Å². The number of nitrogens with one attached hydrogen (secondary N) is 1. The molecule has 1 atom stereocenters. The fourth-order valence-corrected chi connectivity index (χ4v) is 2.43. The predicted octanol–water partition coefficient (Wildman–Crippen LogP) is 3.74. The Kier molecular flexibility index (Phi) is 4.24. The molecule has 0 bridgehead atoms. The minimum Gasteiger partial charge on any atom is -0.384 e. The summed E-state index contributed by atoms with van der Waals surface area (Å²) in [5.74, 6) is 0. The van der Waals surface area contributed by atoms with Gasteiger partial charge in [0.2, 0.25) is 0 Å². The summed E-state index contributed by atoms with van der Waals surface area (Å²) in [7, 11) is 0. The molecule has 2 rings (SSSR count). The summed E-state index contributed by atoms with van der Waals surface area (Å²) in [6.45, 7) is 4.03. The summed E-state index contributed by atoms with van der Waals surface area (Å²) in [5.41, 5.74) is 2.44. The van der Waals surface area contributed by atoms with Crippen LogP contribution in [0.3, 0.4) is 0 Å². The third-order valence-corrected chi connectivity index (χ3v) is 4.05. The molecule has 1 aliphatic rings. The quantitative estimate of drug-likeness (QED) is 0.909. The van der Waals surface area contributed by atoms with E-state index in [4.69, 9.17) is 4.74 Å². The lowest BCUT2D eigenvalue weighted by Gasteiger charge is -2.13. The molecule has 1 saturated heterocycles. The highest BCUT2D eigenvalue weighted by atomic mass is 79.9. The van der Waals surface area contributed by atoms with Crippen molar-refractivity contribution in [3.8, 4) is 0 Å². The average molecular weight is 284 g/mol. The molecule has 1 N–H and O–H groups in total. The van der Waals surface area contributed by atoms with Gasteiger partial charge in [0.05, 0.1) is 6.10 Å². The second-order valence-corrected chi connectivity index (χ2v) is 5.08. The van der Waals surface area contributed by atoms with E-state index >= 15 is 0 Å². The van der Waals surface area contributed by atoms with Crippen molar-refractivity contribution in [1.29, 1.82) is 0 Å². The third kappa shape index (κ3) is 2.98. The Hall–Kier alpha value is -0.540. The second kappa shape index (κ2) is 5.69. The summed E-state index contributed by atoms with van der Waals surface area (Å²) in [6.07, 6.45) is 4.01. The topological polar surface area (TPSA) is 21.3 Å². The summed E-state index contributed by atoms with van der Waals surface area (Å²) >= 11 is 3.60. The van der Waals surface area contributed by atoms with Crippen LogP contribution in [0.4, 0.5) is 5.69 Å². The van der Waals surface area contributed by atoms with Crippen LogP contribution in [0.5, 0.6) is 0 Å². The van der Waals surface area contributed by atoms with Gasteiger partial charge in [-0.1, -0.05) is 12.1 Å². The Morgan fingerprint density at radius 1 is 1.50 bits per heavy atom. The molecule has 2 nitrogen and oxygen atoms in total. The summed E-state index contributed by atoms with van der Waals surface area (Å²) < 4.78 is 6.76. The Bertz CT molecular complexity index is 348. The fraction of sp³-hybridized carbons (Fsp3) is 0.538. The first-order valence-corrected chi connectivity index (χ1v) is 6.67. The maximum atomic E-state index is 5.59. The van der Waals surface area contributed by atoms with E-state index in [1.807, 2.05) is 0 Å². The molecule has 0 amide bonds. The number of anilines is 1. The van der Waals surface area contributed by atoms with E-state index in [9.17, 15) is 0 Å². The Morgan fingerprint density at radius 2 is 2.38 bits per heavy atom. The first-order chi connectivity index (χ1) is 7.77. The fourth-order valence-electron chi connectivity index (χ4n) is 2.02. The van der Waals surface area contributed by atoms with Crippen LogP contribution < -0.4 is 5.32 Å². The maximum absolute atomic E-state index is 5.59. The largest absolute Gasteiger partial charge is 0.384 e. The highest BCUT2D eigenvalue weighted by Gasteiger charge is 2.14. The monoisotopic (exact) mass is 283 g/mol. The number of rotatable bonds is 4. The van der Waals surface area contributed by atoms with Gasteiger partial charge in [-0.3, -0.25) is 0 Å². The van der Waals surface area contributed by atoms with Gasteiger partial charge >= 0.3 is 0 Å². The highest BCUT2D eigenvalue weighted by Crippen LogP contribution is 2.26. The zero-order valence-electron chi connectivity index (χ0n) is 9.63. The number of ether oxygens (including phenoxy) is 1. The van der Waals surface area contributed by atoms with Crippen molar-refractivity contribution < 1.29 is 4.74 Å². The number of hydrogen-bond donors (Lipinski definition) is 1. The molecular weight excluding hydrogens is 266 g/mol. The molecule has 1 aliphatic heterocycles. The lowest BCUT2D eigenvalue weighted by atomic mass is 10.2. The van der Waals surface area contributed by atoms with E-state index in [2.05, 4.69) is 46.4 Å². The van der Waals surface area contributed by atoms with Crippen LogP contribution >= 0.6 is 15.9 Å². The van der Waals surface area contributed by atoms with Gasteiger partial charge in [-0.05, 0) is 53.7 Å². The van der Waals surface area contributed by atoms with Crippen LogP contribution in [-0.2, 0) is 4.74 Å². The van der Waals surface area contributed by atoms with Gasteiger partial charge in [-0.15, -0.1) is 0 Å². The van der Waals surface area contributed by atoms with Gasteiger partial charge in [0.25, 0.3) is 0 Å². The van der Waals surface area contributed by atoms with Gasteiger partial charge in [0, 0.05) is 23.3 Å². The molecule has 1 aromatic rings. The zero-order valence-corrected chi connectivity index (χ0v) is 11.2. The molecular formula is C13H18BrNO. The molecule has 3 heteroatoms. The van der Waals surface area contributed by atoms with E-state index in [0.717, 1.165) is 19.6 Å². The van der Waals surface area contributed by atoms with Gasteiger partial charge in [-0.2, -0.15) is 0 Å². The van der Waals surface area contributed by atoms with Gasteiger partial charge in [-0.25, -0.2) is 0 Å². The Labute approximate surface area is 106 Å². The van der Waals surface area contributed by atoms with Crippen LogP contribution in [0, 0.1) is 6.92 Å². The van der Waals surface area contributed by atoms with Crippen LogP contribution in [0.1, 0.15) is 24.8 Å². The third-order valence-electron chi connectivity index (χ3n) is 3.00. The van der Waals surface area contributed by atoms with Crippen molar-refractivity contribution in [3.63, 3.8) is 0 Å². The van der Waals surface area contributed by atoms with Crippen molar-refractivity contribution in [3.05, 3.63) is 28.2 Å². The molecule has 0 aromatic heterocycles.